The van der Waals surface area contributed by atoms with E-state index in [1.54, 1.807) is 12.1 Å². The highest BCUT2D eigenvalue weighted by Crippen LogP contribution is 2.15. The fraction of sp³-hybridized carbons (Fsp3) is 0.571. The first-order valence-electron chi connectivity index (χ1n) is 6.66. The Morgan fingerprint density at radius 1 is 1.20 bits per heavy atom. The Bertz CT molecular complexity index is 531. The Labute approximate surface area is 122 Å². The van der Waals surface area contributed by atoms with Crippen molar-refractivity contribution in [3.05, 3.63) is 29.8 Å². The van der Waals surface area contributed by atoms with Crippen molar-refractivity contribution in [1.82, 2.24) is 9.03 Å². The number of nitrogens with one attached hydrogen (secondary N) is 1. The van der Waals surface area contributed by atoms with Crippen molar-refractivity contribution in [3.63, 3.8) is 0 Å². The van der Waals surface area contributed by atoms with Gasteiger partial charge >= 0.3 is 0 Å². The van der Waals surface area contributed by atoms with Gasteiger partial charge in [-0.1, -0.05) is 12.1 Å². The Hall–Kier alpha value is -1.11. The number of anilines is 1. The number of benzene rings is 1. The molecule has 0 aromatic heterocycles. The van der Waals surface area contributed by atoms with Crippen LogP contribution in [0.3, 0.4) is 0 Å². The monoisotopic (exact) mass is 299 g/mol. The first-order chi connectivity index (χ1) is 9.01. The normalized spacial score (nSPS) is 13.2. The molecule has 1 aromatic carbocycles. The van der Waals surface area contributed by atoms with Crippen LogP contribution in [0.5, 0.6) is 0 Å². The van der Waals surface area contributed by atoms with Gasteiger partial charge in [0.2, 0.25) is 0 Å². The molecule has 1 rings (SSSR count). The second-order valence-corrected chi connectivity index (χ2v) is 7.86. The fourth-order valence-electron chi connectivity index (χ4n) is 1.79. The third-order valence-electron chi connectivity index (χ3n) is 2.64. The minimum absolute atomic E-state index is 0.132. The van der Waals surface area contributed by atoms with Crippen LogP contribution >= 0.6 is 0 Å². The van der Waals surface area contributed by atoms with Crippen LogP contribution in [-0.2, 0) is 16.8 Å². The Morgan fingerprint density at radius 2 is 1.70 bits per heavy atom. The molecule has 0 heterocycles. The first-order valence-corrected chi connectivity index (χ1v) is 8.10. The molecule has 1 aromatic rings. The van der Waals surface area contributed by atoms with E-state index in [9.17, 15) is 8.42 Å². The van der Waals surface area contributed by atoms with Crippen LogP contribution in [0.4, 0.5) is 5.69 Å². The zero-order valence-electron chi connectivity index (χ0n) is 12.8. The molecule has 0 spiro atoms. The van der Waals surface area contributed by atoms with E-state index in [1.165, 1.54) is 4.31 Å². The molecule has 0 bridgehead atoms. The van der Waals surface area contributed by atoms with Gasteiger partial charge < -0.3 is 5.73 Å². The second kappa shape index (κ2) is 6.11. The van der Waals surface area contributed by atoms with Crippen LogP contribution in [-0.4, -0.2) is 24.3 Å². The number of nitrogen functional groups attached to an aromatic ring is 1. The van der Waals surface area contributed by atoms with E-state index in [0.29, 0.717) is 12.2 Å². The van der Waals surface area contributed by atoms with E-state index in [2.05, 4.69) is 4.72 Å². The Kier molecular flexibility index (Phi) is 5.18. The topological polar surface area (TPSA) is 75.4 Å². The molecule has 0 fully saturated rings. The van der Waals surface area contributed by atoms with E-state index < -0.39 is 15.7 Å². The van der Waals surface area contributed by atoms with Gasteiger partial charge in [-0.25, -0.2) is 0 Å². The van der Waals surface area contributed by atoms with Crippen molar-refractivity contribution >= 4 is 15.9 Å². The number of nitrogens with two attached hydrogens (primary N) is 1. The Balaban J connectivity index is 2.97. The van der Waals surface area contributed by atoms with Gasteiger partial charge in [-0.3, -0.25) is 0 Å². The summed E-state index contributed by atoms with van der Waals surface area (Å²) in [7, 11) is -3.54. The summed E-state index contributed by atoms with van der Waals surface area (Å²) in [4.78, 5) is 0. The molecule has 0 atom stereocenters. The minimum Gasteiger partial charge on any atom is -0.399 e. The summed E-state index contributed by atoms with van der Waals surface area (Å²) < 4.78 is 29.0. The summed E-state index contributed by atoms with van der Waals surface area (Å²) >= 11 is 0. The SMILES string of the molecule is CC(C)N(Cc1ccc(N)cc1)S(=O)(=O)NC(C)(C)C. The van der Waals surface area contributed by atoms with Gasteiger partial charge in [0.25, 0.3) is 10.2 Å². The zero-order valence-corrected chi connectivity index (χ0v) is 13.7. The zero-order chi connectivity index (χ0) is 15.6. The first kappa shape index (κ1) is 16.9. The predicted octanol–water partition coefficient (Wildman–Crippen LogP) is 2.11. The molecular formula is C14H25N3O2S. The molecule has 0 aliphatic rings. The van der Waals surface area contributed by atoms with Crippen LogP contribution < -0.4 is 10.5 Å². The number of hydrogen-bond acceptors (Lipinski definition) is 3. The van der Waals surface area contributed by atoms with Gasteiger partial charge in [0.1, 0.15) is 0 Å². The third kappa shape index (κ3) is 5.11. The van der Waals surface area contributed by atoms with Crippen LogP contribution in [0, 0.1) is 0 Å². The molecule has 0 radical (unpaired) electrons. The van der Waals surface area contributed by atoms with E-state index >= 15 is 0 Å². The van der Waals surface area contributed by atoms with Crippen LogP contribution in [0.25, 0.3) is 0 Å². The molecule has 5 nitrogen and oxygen atoms in total. The average molecular weight is 299 g/mol. The van der Waals surface area contributed by atoms with Crippen molar-refractivity contribution in [2.45, 2.75) is 52.7 Å². The smallest absolute Gasteiger partial charge is 0.280 e. The van der Waals surface area contributed by atoms with Gasteiger partial charge in [-0.15, -0.1) is 0 Å². The van der Waals surface area contributed by atoms with E-state index in [4.69, 9.17) is 5.73 Å². The molecule has 0 unspecified atom stereocenters. The Morgan fingerprint density at radius 3 is 2.10 bits per heavy atom. The lowest BCUT2D eigenvalue weighted by Gasteiger charge is -2.30. The van der Waals surface area contributed by atoms with Crippen molar-refractivity contribution in [3.8, 4) is 0 Å². The molecule has 0 saturated carbocycles. The second-order valence-electron chi connectivity index (χ2n) is 6.24. The molecule has 3 N–H and O–H groups in total. The standard InChI is InChI=1S/C14H25N3O2S/c1-11(2)17(20(18,19)16-14(3,4)5)10-12-6-8-13(15)9-7-12/h6-9,11,16H,10,15H2,1-5H3. The molecule has 6 heteroatoms. The molecule has 0 aliphatic carbocycles. The van der Waals surface area contributed by atoms with Crippen LogP contribution in [0.1, 0.15) is 40.2 Å². The van der Waals surface area contributed by atoms with Crippen molar-refractivity contribution in [2.75, 3.05) is 5.73 Å². The summed E-state index contributed by atoms with van der Waals surface area (Å²) in [6.07, 6.45) is 0. The van der Waals surface area contributed by atoms with Gasteiger partial charge in [-0.05, 0) is 52.3 Å². The highest BCUT2D eigenvalue weighted by molar-refractivity contribution is 7.87. The van der Waals surface area contributed by atoms with E-state index in [1.807, 2.05) is 46.8 Å². The molecule has 0 amide bonds. The van der Waals surface area contributed by atoms with E-state index in [0.717, 1.165) is 5.56 Å². The van der Waals surface area contributed by atoms with Gasteiger partial charge in [-0.2, -0.15) is 17.4 Å². The predicted molar refractivity (Wildman–Crippen MR) is 83.3 cm³/mol. The highest BCUT2D eigenvalue weighted by atomic mass is 32.2. The maximum atomic E-state index is 12.4. The lowest BCUT2D eigenvalue weighted by molar-refractivity contribution is 0.332. The van der Waals surface area contributed by atoms with Gasteiger partial charge in [0.15, 0.2) is 0 Å². The lowest BCUT2D eigenvalue weighted by atomic mass is 10.1. The van der Waals surface area contributed by atoms with Crippen molar-refractivity contribution in [2.24, 2.45) is 0 Å². The van der Waals surface area contributed by atoms with Crippen LogP contribution in [0.2, 0.25) is 0 Å². The summed E-state index contributed by atoms with van der Waals surface area (Å²) in [6.45, 7) is 9.52. The highest BCUT2D eigenvalue weighted by Gasteiger charge is 2.29. The largest absolute Gasteiger partial charge is 0.399 e. The molecular weight excluding hydrogens is 274 g/mol. The summed E-state index contributed by atoms with van der Waals surface area (Å²) in [5.41, 5.74) is 6.71. The quantitative estimate of drug-likeness (QED) is 0.818. The minimum atomic E-state index is -3.54. The maximum absolute atomic E-state index is 12.4. The number of nitrogens with zero attached hydrogens (tertiary/aromatic N) is 1. The fourth-order valence-corrected chi connectivity index (χ4v) is 3.56. The van der Waals surface area contributed by atoms with Crippen molar-refractivity contribution in [1.29, 1.82) is 0 Å². The molecule has 0 saturated heterocycles. The van der Waals surface area contributed by atoms with Crippen molar-refractivity contribution < 1.29 is 8.42 Å². The van der Waals surface area contributed by atoms with Gasteiger partial charge in [0, 0.05) is 23.8 Å². The average Bonchev–Trinajstić information content (AvgIpc) is 2.24. The third-order valence-corrected chi connectivity index (χ3v) is 4.68. The van der Waals surface area contributed by atoms with Crippen LogP contribution in [0.15, 0.2) is 24.3 Å². The van der Waals surface area contributed by atoms with E-state index in [-0.39, 0.29) is 6.04 Å². The lowest BCUT2D eigenvalue weighted by Crippen LogP contribution is -2.50. The molecule has 114 valence electrons. The van der Waals surface area contributed by atoms with Gasteiger partial charge in [0.05, 0.1) is 0 Å². The maximum Gasteiger partial charge on any atom is 0.280 e. The summed E-state index contributed by atoms with van der Waals surface area (Å²) in [5, 5.41) is 0. The molecule has 20 heavy (non-hydrogen) atoms. The number of rotatable bonds is 5. The summed E-state index contributed by atoms with van der Waals surface area (Å²) in [6, 6.07) is 7.11. The summed E-state index contributed by atoms with van der Waals surface area (Å²) in [5.74, 6) is 0. The number of hydrogen-bond donors (Lipinski definition) is 2. The molecule has 0 aliphatic heterocycles.